The summed E-state index contributed by atoms with van der Waals surface area (Å²) in [4.78, 5) is 0. The highest BCUT2D eigenvalue weighted by Gasteiger charge is 2.10. The zero-order chi connectivity index (χ0) is 14.1. The fraction of sp³-hybridized carbons (Fsp3) is 0.125. The second-order valence-corrected chi connectivity index (χ2v) is 5.00. The maximum atomic E-state index is 13.5. The van der Waals surface area contributed by atoms with Gasteiger partial charge in [-0.2, -0.15) is 0 Å². The van der Waals surface area contributed by atoms with Crippen LogP contribution in [0.4, 0.5) is 4.39 Å². The minimum Gasteiger partial charge on any atom is -0.484 e. The summed E-state index contributed by atoms with van der Waals surface area (Å²) < 4.78 is 21.0. The van der Waals surface area contributed by atoms with Crippen LogP contribution in [0.15, 0.2) is 48.5 Å². The predicted octanol–water partition coefficient (Wildman–Crippen LogP) is 4.55. The first-order chi connectivity index (χ1) is 9.66. The number of hydrogen-bond donors (Lipinski definition) is 0. The highest BCUT2D eigenvalue weighted by atomic mass is 35.5. The van der Waals surface area contributed by atoms with Crippen LogP contribution in [0, 0.1) is 5.82 Å². The van der Waals surface area contributed by atoms with Gasteiger partial charge in [-0.1, -0.05) is 35.9 Å². The highest BCUT2D eigenvalue weighted by molar-refractivity contribution is 6.35. The molecule has 0 saturated carbocycles. The van der Waals surface area contributed by atoms with E-state index in [1.807, 2.05) is 35.9 Å². The summed E-state index contributed by atoms with van der Waals surface area (Å²) in [6, 6.07) is 14.1. The molecule has 0 spiro atoms. The van der Waals surface area contributed by atoms with Crippen molar-refractivity contribution in [3.63, 3.8) is 0 Å². The van der Waals surface area contributed by atoms with E-state index in [0.717, 1.165) is 16.6 Å². The molecule has 0 aliphatic heterocycles. The van der Waals surface area contributed by atoms with Crippen LogP contribution < -0.4 is 4.74 Å². The summed E-state index contributed by atoms with van der Waals surface area (Å²) in [7, 11) is 1.92. The lowest BCUT2D eigenvalue weighted by molar-refractivity contribution is 0.283. The van der Waals surface area contributed by atoms with E-state index in [-0.39, 0.29) is 11.6 Å². The summed E-state index contributed by atoms with van der Waals surface area (Å²) in [5.74, 6) is -0.104. The van der Waals surface area contributed by atoms with Crippen LogP contribution in [0.3, 0.4) is 0 Å². The molecule has 2 nitrogen and oxygen atoms in total. The Labute approximate surface area is 121 Å². The molecule has 1 heterocycles. The lowest BCUT2D eigenvalue weighted by Crippen LogP contribution is -2.02. The third-order valence-corrected chi connectivity index (χ3v) is 3.62. The third kappa shape index (κ3) is 2.25. The molecule has 0 atom stereocenters. The standard InChI is InChI=1S/C16H13ClFNO/c1-19-12(9-11-5-4-6-13(17)16(11)19)10-20-15-8-3-2-7-14(15)18/h2-9H,10H2,1H3. The topological polar surface area (TPSA) is 14.2 Å². The number of aryl methyl sites for hydroxylation is 1. The summed E-state index contributed by atoms with van der Waals surface area (Å²) in [5, 5.41) is 1.74. The molecule has 20 heavy (non-hydrogen) atoms. The summed E-state index contributed by atoms with van der Waals surface area (Å²) in [6.07, 6.45) is 0. The zero-order valence-corrected chi connectivity index (χ0v) is 11.7. The average molecular weight is 290 g/mol. The zero-order valence-electron chi connectivity index (χ0n) is 10.9. The predicted molar refractivity (Wildman–Crippen MR) is 78.7 cm³/mol. The van der Waals surface area contributed by atoms with Gasteiger partial charge in [0.25, 0.3) is 0 Å². The van der Waals surface area contributed by atoms with Crippen LogP contribution in [0.25, 0.3) is 10.9 Å². The van der Waals surface area contributed by atoms with Gasteiger partial charge in [-0.15, -0.1) is 0 Å². The van der Waals surface area contributed by atoms with Crippen molar-refractivity contribution in [2.45, 2.75) is 6.61 Å². The van der Waals surface area contributed by atoms with Gasteiger partial charge in [0.1, 0.15) is 6.61 Å². The molecule has 0 saturated heterocycles. The van der Waals surface area contributed by atoms with Gasteiger partial charge in [-0.25, -0.2) is 4.39 Å². The summed E-state index contributed by atoms with van der Waals surface area (Å²) in [5.41, 5.74) is 1.90. The summed E-state index contributed by atoms with van der Waals surface area (Å²) >= 11 is 6.20. The molecule has 0 radical (unpaired) electrons. The summed E-state index contributed by atoms with van der Waals surface area (Å²) in [6.45, 7) is 0.294. The number of rotatable bonds is 3. The van der Waals surface area contributed by atoms with Crippen LogP contribution in [-0.4, -0.2) is 4.57 Å². The molecule has 0 aliphatic carbocycles. The Kier molecular flexibility index (Phi) is 3.36. The van der Waals surface area contributed by atoms with Gasteiger partial charge in [0.2, 0.25) is 0 Å². The van der Waals surface area contributed by atoms with Gasteiger partial charge in [-0.3, -0.25) is 0 Å². The number of ether oxygens (including phenoxy) is 1. The first kappa shape index (κ1) is 13.0. The van der Waals surface area contributed by atoms with Gasteiger partial charge in [-0.05, 0) is 24.3 Å². The highest BCUT2D eigenvalue weighted by Crippen LogP contribution is 2.27. The number of aromatic nitrogens is 1. The molecule has 4 heteroatoms. The first-order valence-electron chi connectivity index (χ1n) is 6.27. The van der Waals surface area contributed by atoms with Crippen molar-refractivity contribution in [3.8, 4) is 5.75 Å². The number of benzene rings is 2. The first-order valence-corrected chi connectivity index (χ1v) is 6.65. The van der Waals surface area contributed by atoms with Crippen molar-refractivity contribution in [2.24, 2.45) is 7.05 Å². The van der Waals surface area contributed by atoms with Crippen LogP contribution in [0.1, 0.15) is 5.69 Å². The molecule has 1 aromatic heterocycles. The second-order valence-electron chi connectivity index (χ2n) is 4.59. The molecule has 0 aliphatic rings. The van der Waals surface area contributed by atoms with Crippen molar-refractivity contribution in [1.82, 2.24) is 4.57 Å². The van der Waals surface area contributed by atoms with Crippen LogP contribution >= 0.6 is 11.6 Å². The van der Waals surface area contributed by atoms with E-state index in [1.54, 1.807) is 18.2 Å². The van der Waals surface area contributed by atoms with E-state index in [4.69, 9.17) is 16.3 Å². The van der Waals surface area contributed by atoms with E-state index < -0.39 is 0 Å². The largest absolute Gasteiger partial charge is 0.484 e. The Hall–Kier alpha value is -2.00. The number of nitrogens with zero attached hydrogens (tertiary/aromatic N) is 1. The number of para-hydroxylation sites is 2. The van der Waals surface area contributed by atoms with Crippen LogP contribution in [0.2, 0.25) is 5.02 Å². The Bertz CT molecular complexity index is 766. The Morgan fingerprint density at radius 2 is 1.95 bits per heavy atom. The monoisotopic (exact) mass is 289 g/mol. The number of fused-ring (bicyclic) bond motifs is 1. The van der Waals surface area contributed by atoms with E-state index in [0.29, 0.717) is 11.6 Å². The smallest absolute Gasteiger partial charge is 0.165 e. The van der Waals surface area contributed by atoms with Crippen molar-refractivity contribution in [2.75, 3.05) is 0 Å². The molecule has 2 aromatic carbocycles. The fourth-order valence-electron chi connectivity index (χ4n) is 2.27. The average Bonchev–Trinajstić information content (AvgIpc) is 2.76. The van der Waals surface area contributed by atoms with Gasteiger partial charge in [0.15, 0.2) is 11.6 Å². The second kappa shape index (κ2) is 5.17. The minimum absolute atomic E-state index is 0.254. The Morgan fingerprint density at radius 3 is 2.70 bits per heavy atom. The normalized spacial score (nSPS) is 10.9. The molecule has 0 amide bonds. The Balaban J connectivity index is 1.90. The van der Waals surface area contributed by atoms with Gasteiger partial charge < -0.3 is 9.30 Å². The Morgan fingerprint density at radius 1 is 1.15 bits per heavy atom. The molecular weight excluding hydrogens is 277 g/mol. The molecule has 102 valence electrons. The quantitative estimate of drug-likeness (QED) is 0.690. The third-order valence-electron chi connectivity index (χ3n) is 3.32. The van der Waals surface area contributed by atoms with Crippen molar-refractivity contribution < 1.29 is 9.13 Å². The van der Waals surface area contributed by atoms with E-state index in [2.05, 4.69) is 0 Å². The molecule has 0 unspecified atom stereocenters. The van der Waals surface area contributed by atoms with Gasteiger partial charge in [0.05, 0.1) is 16.2 Å². The molecule has 0 bridgehead atoms. The number of hydrogen-bond acceptors (Lipinski definition) is 1. The van der Waals surface area contributed by atoms with Crippen LogP contribution in [0.5, 0.6) is 5.75 Å². The minimum atomic E-state index is -0.357. The molecule has 3 aromatic rings. The molecular formula is C16H13ClFNO. The van der Waals surface area contributed by atoms with Gasteiger partial charge in [0, 0.05) is 12.4 Å². The SMILES string of the molecule is Cn1c(COc2ccccc2F)cc2cccc(Cl)c21. The number of halogens is 2. The maximum absolute atomic E-state index is 13.5. The molecule has 0 N–H and O–H groups in total. The van der Waals surface area contributed by atoms with E-state index in [9.17, 15) is 4.39 Å². The molecule has 0 fully saturated rings. The molecule has 3 rings (SSSR count). The van der Waals surface area contributed by atoms with Gasteiger partial charge >= 0.3 is 0 Å². The fourth-order valence-corrected chi connectivity index (χ4v) is 2.58. The van der Waals surface area contributed by atoms with E-state index in [1.165, 1.54) is 6.07 Å². The van der Waals surface area contributed by atoms with Crippen molar-refractivity contribution in [3.05, 3.63) is 65.1 Å². The van der Waals surface area contributed by atoms with Crippen LogP contribution in [-0.2, 0) is 13.7 Å². The van der Waals surface area contributed by atoms with E-state index >= 15 is 0 Å². The lowest BCUT2D eigenvalue weighted by Gasteiger charge is -2.08. The lowest BCUT2D eigenvalue weighted by atomic mass is 10.2. The van der Waals surface area contributed by atoms with Crippen molar-refractivity contribution >= 4 is 22.5 Å². The maximum Gasteiger partial charge on any atom is 0.165 e. The van der Waals surface area contributed by atoms with Crippen molar-refractivity contribution in [1.29, 1.82) is 0 Å².